The molecule has 22 heavy (non-hydrogen) atoms. The van der Waals surface area contributed by atoms with Crippen LogP contribution in [0.4, 0.5) is 0 Å². The van der Waals surface area contributed by atoms with Crippen LogP contribution in [0.1, 0.15) is 37.8 Å². The molecule has 1 unspecified atom stereocenters. The van der Waals surface area contributed by atoms with Crippen LogP contribution in [0.5, 0.6) is 5.75 Å². The summed E-state index contributed by atoms with van der Waals surface area (Å²) >= 11 is 0. The molecular formula is C17H26N2O3. The molecule has 5 heteroatoms. The Labute approximate surface area is 131 Å². The zero-order valence-corrected chi connectivity index (χ0v) is 13.3. The summed E-state index contributed by atoms with van der Waals surface area (Å²) in [5.41, 5.74) is 0.889. The first-order chi connectivity index (χ1) is 10.7. The number of H-pyrrole nitrogens is 1. The molecule has 0 amide bonds. The topological polar surface area (TPSA) is 54.6 Å². The number of hydrogen-bond acceptors (Lipinski definition) is 4. The summed E-state index contributed by atoms with van der Waals surface area (Å²) in [6.07, 6.45) is 8.36. The van der Waals surface area contributed by atoms with Crippen molar-refractivity contribution < 1.29 is 9.47 Å². The fraction of sp³-hybridized carbons (Fsp3) is 0.706. The van der Waals surface area contributed by atoms with Gasteiger partial charge < -0.3 is 14.5 Å². The Kier molecular flexibility index (Phi) is 5.16. The van der Waals surface area contributed by atoms with Gasteiger partial charge in [-0.15, -0.1) is 0 Å². The van der Waals surface area contributed by atoms with E-state index in [0.29, 0.717) is 11.9 Å². The second-order valence-electron chi connectivity index (χ2n) is 6.52. The predicted molar refractivity (Wildman–Crippen MR) is 85.2 cm³/mol. The molecule has 122 valence electrons. The average molecular weight is 306 g/mol. The van der Waals surface area contributed by atoms with Gasteiger partial charge >= 0.3 is 0 Å². The summed E-state index contributed by atoms with van der Waals surface area (Å²) in [5.74, 6) is 1.18. The summed E-state index contributed by atoms with van der Waals surface area (Å²) in [6, 6.07) is 1.65. The second-order valence-corrected chi connectivity index (χ2v) is 6.52. The van der Waals surface area contributed by atoms with Crippen molar-refractivity contribution in [2.24, 2.45) is 5.92 Å². The number of methoxy groups -OCH3 is 1. The highest BCUT2D eigenvalue weighted by molar-refractivity contribution is 5.20. The Morgan fingerprint density at radius 1 is 1.32 bits per heavy atom. The van der Waals surface area contributed by atoms with Crippen molar-refractivity contribution in [2.75, 3.05) is 26.8 Å². The molecule has 0 spiro atoms. The minimum absolute atomic E-state index is 0.0584. The predicted octanol–water partition coefficient (Wildman–Crippen LogP) is 2.16. The second kappa shape index (κ2) is 7.29. The van der Waals surface area contributed by atoms with Crippen molar-refractivity contribution in [3.63, 3.8) is 0 Å². The van der Waals surface area contributed by atoms with E-state index in [0.717, 1.165) is 44.3 Å². The fourth-order valence-corrected chi connectivity index (χ4v) is 3.31. The number of aromatic amines is 1. The van der Waals surface area contributed by atoms with Crippen molar-refractivity contribution in [2.45, 2.75) is 44.8 Å². The molecule has 0 radical (unpaired) electrons. The van der Waals surface area contributed by atoms with E-state index in [1.807, 2.05) is 0 Å². The van der Waals surface area contributed by atoms with Gasteiger partial charge in [-0.05, 0) is 31.6 Å². The van der Waals surface area contributed by atoms with Gasteiger partial charge in [-0.2, -0.15) is 0 Å². The molecule has 1 saturated heterocycles. The molecule has 5 nitrogen and oxygen atoms in total. The summed E-state index contributed by atoms with van der Waals surface area (Å²) < 4.78 is 10.8. The number of hydrogen-bond donors (Lipinski definition) is 1. The van der Waals surface area contributed by atoms with E-state index in [1.165, 1.54) is 32.8 Å². The molecule has 2 fully saturated rings. The van der Waals surface area contributed by atoms with Crippen LogP contribution in [0.25, 0.3) is 0 Å². The van der Waals surface area contributed by atoms with Crippen molar-refractivity contribution in [3.8, 4) is 5.75 Å². The van der Waals surface area contributed by atoms with Gasteiger partial charge in [-0.1, -0.05) is 6.42 Å². The van der Waals surface area contributed by atoms with Gasteiger partial charge in [0.25, 0.3) is 0 Å². The third-order valence-electron chi connectivity index (χ3n) is 4.78. The van der Waals surface area contributed by atoms with Crippen molar-refractivity contribution in [1.29, 1.82) is 0 Å². The van der Waals surface area contributed by atoms with E-state index in [1.54, 1.807) is 12.3 Å². The lowest BCUT2D eigenvalue weighted by molar-refractivity contribution is 0.0575. The number of aromatic nitrogens is 1. The molecule has 1 saturated carbocycles. The van der Waals surface area contributed by atoms with Crippen molar-refractivity contribution >= 4 is 0 Å². The summed E-state index contributed by atoms with van der Waals surface area (Å²) in [7, 11) is 1.52. The maximum atomic E-state index is 11.9. The first-order valence-corrected chi connectivity index (χ1v) is 8.34. The molecule has 1 aromatic rings. The molecule has 2 aliphatic rings. The van der Waals surface area contributed by atoms with Crippen LogP contribution in [-0.2, 0) is 11.3 Å². The van der Waals surface area contributed by atoms with Crippen LogP contribution < -0.4 is 10.2 Å². The number of nitrogens with zero attached hydrogens (tertiary/aromatic N) is 1. The molecule has 1 aliphatic carbocycles. The maximum Gasteiger partial charge on any atom is 0.223 e. The maximum absolute atomic E-state index is 11.9. The molecule has 1 N–H and O–H groups in total. The van der Waals surface area contributed by atoms with Gasteiger partial charge in [0.05, 0.1) is 13.2 Å². The van der Waals surface area contributed by atoms with E-state index >= 15 is 0 Å². The molecule has 1 aromatic heterocycles. The minimum Gasteiger partial charge on any atom is -0.491 e. The third-order valence-corrected chi connectivity index (χ3v) is 4.78. The molecule has 3 rings (SSSR count). The quantitative estimate of drug-likeness (QED) is 0.839. The van der Waals surface area contributed by atoms with Crippen LogP contribution >= 0.6 is 0 Å². The van der Waals surface area contributed by atoms with Gasteiger partial charge in [0.1, 0.15) is 0 Å². The standard InChI is InChI=1S/C17H26N2O3/c1-21-17-9-18-14(8-16(17)20)11-19(10-13-4-2-5-13)12-15-6-3-7-22-15/h8-9,13,15H,2-7,10-12H2,1H3,(H,18,20). The number of nitrogens with one attached hydrogen (secondary N) is 1. The van der Waals surface area contributed by atoms with Crippen LogP contribution in [0.3, 0.4) is 0 Å². The zero-order valence-electron chi connectivity index (χ0n) is 13.3. The Morgan fingerprint density at radius 3 is 2.77 bits per heavy atom. The number of ether oxygens (including phenoxy) is 2. The van der Waals surface area contributed by atoms with Crippen LogP contribution in [-0.4, -0.2) is 42.8 Å². The average Bonchev–Trinajstić information content (AvgIpc) is 2.96. The monoisotopic (exact) mass is 306 g/mol. The molecule has 1 aliphatic heterocycles. The first-order valence-electron chi connectivity index (χ1n) is 8.34. The van der Waals surface area contributed by atoms with Gasteiger partial charge in [-0.3, -0.25) is 9.69 Å². The van der Waals surface area contributed by atoms with E-state index in [4.69, 9.17) is 9.47 Å². The molecule has 0 aromatic carbocycles. The molecule has 0 bridgehead atoms. The van der Waals surface area contributed by atoms with Crippen molar-refractivity contribution in [1.82, 2.24) is 9.88 Å². The lowest BCUT2D eigenvalue weighted by atomic mass is 9.85. The number of rotatable bonds is 7. The molecular weight excluding hydrogens is 280 g/mol. The lowest BCUT2D eigenvalue weighted by Gasteiger charge is -2.33. The highest BCUT2D eigenvalue weighted by atomic mass is 16.5. The minimum atomic E-state index is -0.0584. The van der Waals surface area contributed by atoms with E-state index in [2.05, 4.69) is 9.88 Å². The normalized spacial score (nSPS) is 22.0. The Bertz CT molecular complexity index is 533. The third kappa shape index (κ3) is 3.90. The van der Waals surface area contributed by atoms with E-state index in [-0.39, 0.29) is 5.43 Å². The Hall–Kier alpha value is -1.33. The van der Waals surface area contributed by atoms with Gasteiger partial charge in [0.2, 0.25) is 5.43 Å². The smallest absolute Gasteiger partial charge is 0.223 e. The zero-order chi connectivity index (χ0) is 15.4. The summed E-state index contributed by atoms with van der Waals surface area (Å²) in [5, 5.41) is 0. The van der Waals surface area contributed by atoms with Crippen LogP contribution in [0, 0.1) is 5.92 Å². The van der Waals surface area contributed by atoms with Gasteiger partial charge in [0.15, 0.2) is 5.75 Å². The Balaban J connectivity index is 1.64. The van der Waals surface area contributed by atoms with Gasteiger partial charge in [-0.25, -0.2) is 0 Å². The largest absolute Gasteiger partial charge is 0.491 e. The highest BCUT2D eigenvalue weighted by Gasteiger charge is 2.24. The summed E-state index contributed by atoms with van der Waals surface area (Å²) in [4.78, 5) is 17.5. The first kappa shape index (κ1) is 15.6. The number of pyridine rings is 1. The lowest BCUT2D eigenvalue weighted by Crippen LogP contribution is -2.37. The SMILES string of the molecule is COc1c[nH]c(CN(CC2CCC2)CC2CCCO2)cc1=O. The highest BCUT2D eigenvalue weighted by Crippen LogP contribution is 2.28. The van der Waals surface area contributed by atoms with Gasteiger partial charge in [0, 0.05) is 44.2 Å². The van der Waals surface area contributed by atoms with E-state index in [9.17, 15) is 4.79 Å². The fourth-order valence-electron chi connectivity index (χ4n) is 3.31. The molecule has 2 heterocycles. The van der Waals surface area contributed by atoms with Crippen molar-refractivity contribution in [3.05, 3.63) is 28.2 Å². The van der Waals surface area contributed by atoms with E-state index < -0.39 is 0 Å². The molecule has 1 atom stereocenters. The van der Waals surface area contributed by atoms with Crippen LogP contribution in [0.15, 0.2) is 17.1 Å². The van der Waals surface area contributed by atoms with Crippen LogP contribution in [0.2, 0.25) is 0 Å². The Morgan fingerprint density at radius 2 is 2.18 bits per heavy atom. The summed E-state index contributed by atoms with van der Waals surface area (Å²) in [6.45, 7) is 3.73.